The predicted octanol–water partition coefficient (Wildman–Crippen LogP) is 1.37. The molecule has 0 atom stereocenters. The normalized spacial score (nSPS) is 18.5. The van der Waals surface area contributed by atoms with Crippen LogP contribution in [-0.2, 0) is 0 Å². The molecule has 0 bridgehead atoms. The fraction of sp³-hybridized carbons (Fsp3) is 0.182. The zero-order valence-electron chi connectivity index (χ0n) is 8.17. The van der Waals surface area contributed by atoms with Crippen molar-refractivity contribution in [3.8, 4) is 0 Å². The summed E-state index contributed by atoms with van der Waals surface area (Å²) in [6.45, 7) is 0.945. The molecule has 4 nitrogen and oxygen atoms in total. The molecule has 0 spiro atoms. The fourth-order valence-electron chi connectivity index (χ4n) is 1.83. The van der Waals surface area contributed by atoms with Crippen LogP contribution in [0.2, 0.25) is 0 Å². The smallest absolute Gasteiger partial charge is 0.160 e. The Morgan fingerprint density at radius 2 is 2.07 bits per heavy atom. The largest absolute Gasteiger partial charge is 0.347 e. The summed E-state index contributed by atoms with van der Waals surface area (Å²) in [5, 5.41) is 0. The first-order chi connectivity index (χ1) is 7.43. The molecule has 0 aliphatic carbocycles. The molecule has 0 amide bonds. The molecule has 0 saturated heterocycles. The van der Waals surface area contributed by atoms with E-state index in [4.69, 9.17) is 0 Å². The van der Waals surface area contributed by atoms with Gasteiger partial charge >= 0.3 is 0 Å². The van der Waals surface area contributed by atoms with Crippen molar-refractivity contribution in [2.75, 3.05) is 6.54 Å². The quantitative estimate of drug-likeness (QED) is 0.683. The predicted molar refractivity (Wildman–Crippen MR) is 56.4 cm³/mol. The van der Waals surface area contributed by atoms with Crippen molar-refractivity contribution in [2.24, 2.45) is 0 Å². The lowest BCUT2D eigenvalue weighted by molar-refractivity contribution is 0.525. The van der Waals surface area contributed by atoms with Crippen LogP contribution in [0.5, 0.6) is 0 Å². The molecular formula is C11H10N4. The van der Waals surface area contributed by atoms with Crippen molar-refractivity contribution in [1.29, 1.82) is 0 Å². The van der Waals surface area contributed by atoms with Gasteiger partial charge in [-0.25, -0.2) is 15.0 Å². The summed E-state index contributed by atoms with van der Waals surface area (Å²) >= 11 is 0. The van der Waals surface area contributed by atoms with Gasteiger partial charge < -0.3 is 4.90 Å². The fourth-order valence-corrected chi connectivity index (χ4v) is 1.83. The lowest BCUT2D eigenvalue weighted by Crippen LogP contribution is -2.14. The van der Waals surface area contributed by atoms with Crippen LogP contribution in [-0.4, -0.2) is 26.4 Å². The van der Waals surface area contributed by atoms with E-state index in [0.29, 0.717) is 0 Å². The van der Waals surface area contributed by atoms with Gasteiger partial charge in [-0.3, -0.25) is 0 Å². The van der Waals surface area contributed by atoms with Gasteiger partial charge in [0.05, 0.1) is 0 Å². The SMILES string of the molecule is C1=CCN2C=C(c3ncncn3)CC2=C1. The standard InChI is InChI=1S/C11H10N4/c1-2-4-15-6-9(5-10(15)3-1)11-13-7-12-8-14-11/h1-3,6-8H,4-5H2. The summed E-state index contributed by atoms with van der Waals surface area (Å²) in [5.74, 6) is 0.778. The van der Waals surface area contributed by atoms with Gasteiger partial charge in [-0.05, 0) is 6.08 Å². The molecule has 15 heavy (non-hydrogen) atoms. The van der Waals surface area contributed by atoms with Crippen LogP contribution < -0.4 is 0 Å². The Balaban J connectivity index is 1.92. The molecule has 74 valence electrons. The third-order valence-corrected chi connectivity index (χ3v) is 2.56. The maximum Gasteiger partial charge on any atom is 0.160 e. The number of hydrogen-bond acceptors (Lipinski definition) is 4. The van der Waals surface area contributed by atoms with Crippen molar-refractivity contribution in [3.63, 3.8) is 0 Å². The van der Waals surface area contributed by atoms with Gasteiger partial charge in [0.15, 0.2) is 5.82 Å². The second-order valence-corrected chi connectivity index (χ2v) is 3.53. The van der Waals surface area contributed by atoms with E-state index in [1.54, 1.807) is 0 Å². The molecule has 2 aliphatic rings. The Morgan fingerprint density at radius 3 is 2.87 bits per heavy atom. The van der Waals surface area contributed by atoms with E-state index in [1.165, 1.54) is 18.4 Å². The molecule has 2 aliphatic heterocycles. The van der Waals surface area contributed by atoms with E-state index in [-0.39, 0.29) is 0 Å². The average Bonchev–Trinajstić information content (AvgIpc) is 2.74. The molecule has 0 radical (unpaired) electrons. The number of fused-ring (bicyclic) bond motifs is 1. The van der Waals surface area contributed by atoms with Gasteiger partial charge in [0, 0.05) is 30.4 Å². The van der Waals surface area contributed by atoms with Crippen LogP contribution >= 0.6 is 0 Å². The topological polar surface area (TPSA) is 41.9 Å². The number of rotatable bonds is 1. The van der Waals surface area contributed by atoms with Crippen LogP contribution in [0.1, 0.15) is 12.2 Å². The van der Waals surface area contributed by atoms with E-state index in [0.717, 1.165) is 24.4 Å². The van der Waals surface area contributed by atoms with Crippen LogP contribution in [0, 0.1) is 0 Å². The van der Waals surface area contributed by atoms with Crippen LogP contribution in [0.4, 0.5) is 0 Å². The van der Waals surface area contributed by atoms with Crippen molar-refractivity contribution >= 4 is 5.57 Å². The molecule has 3 heterocycles. The Bertz CT molecular complexity index is 459. The van der Waals surface area contributed by atoms with Crippen LogP contribution in [0.25, 0.3) is 5.57 Å². The van der Waals surface area contributed by atoms with E-state index in [2.05, 4.69) is 44.3 Å². The molecule has 1 aromatic heterocycles. The molecule has 0 aromatic carbocycles. The Morgan fingerprint density at radius 1 is 1.20 bits per heavy atom. The second-order valence-electron chi connectivity index (χ2n) is 3.53. The summed E-state index contributed by atoms with van der Waals surface area (Å²) in [6, 6.07) is 0. The minimum atomic E-state index is 0.778. The van der Waals surface area contributed by atoms with Gasteiger partial charge in [0.25, 0.3) is 0 Å². The molecule has 0 fully saturated rings. The summed E-state index contributed by atoms with van der Waals surface area (Å²) in [4.78, 5) is 14.3. The number of allylic oxidation sites excluding steroid dienone is 3. The van der Waals surface area contributed by atoms with E-state index < -0.39 is 0 Å². The highest BCUT2D eigenvalue weighted by atomic mass is 15.1. The maximum absolute atomic E-state index is 4.15. The molecule has 0 saturated carbocycles. The summed E-state index contributed by atoms with van der Waals surface area (Å²) < 4.78 is 0. The van der Waals surface area contributed by atoms with Crippen molar-refractivity contribution in [2.45, 2.75) is 6.42 Å². The monoisotopic (exact) mass is 198 g/mol. The number of aromatic nitrogens is 3. The zero-order chi connectivity index (χ0) is 10.1. The molecule has 4 heteroatoms. The summed E-state index contributed by atoms with van der Waals surface area (Å²) in [7, 11) is 0. The third kappa shape index (κ3) is 1.44. The minimum Gasteiger partial charge on any atom is -0.347 e. The Hall–Kier alpha value is -1.97. The summed E-state index contributed by atoms with van der Waals surface area (Å²) in [5.41, 5.74) is 2.47. The van der Waals surface area contributed by atoms with Gasteiger partial charge in [-0.2, -0.15) is 0 Å². The van der Waals surface area contributed by atoms with Gasteiger partial charge in [-0.1, -0.05) is 12.2 Å². The zero-order valence-corrected chi connectivity index (χ0v) is 8.17. The highest BCUT2D eigenvalue weighted by Crippen LogP contribution is 2.31. The lowest BCUT2D eigenvalue weighted by atomic mass is 10.1. The lowest BCUT2D eigenvalue weighted by Gasteiger charge is -2.17. The Labute approximate surface area is 87.7 Å². The highest BCUT2D eigenvalue weighted by molar-refractivity contribution is 5.65. The minimum absolute atomic E-state index is 0.778. The highest BCUT2D eigenvalue weighted by Gasteiger charge is 2.20. The first kappa shape index (κ1) is 8.35. The van der Waals surface area contributed by atoms with Gasteiger partial charge in [0.2, 0.25) is 0 Å². The molecule has 0 unspecified atom stereocenters. The van der Waals surface area contributed by atoms with Crippen LogP contribution in [0.15, 0.2) is 42.8 Å². The van der Waals surface area contributed by atoms with Crippen molar-refractivity contribution in [3.05, 3.63) is 48.6 Å². The average molecular weight is 198 g/mol. The number of nitrogens with zero attached hydrogens (tertiary/aromatic N) is 4. The van der Waals surface area contributed by atoms with E-state index >= 15 is 0 Å². The van der Waals surface area contributed by atoms with Crippen molar-refractivity contribution in [1.82, 2.24) is 19.9 Å². The van der Waals surface area contributed by atoms with E-state index in [9.17, 15) is 0 Å². The summed E-state index contributed by atoms with van der Waals surface area (Å²) in [6.07, 6.45) is 12.5. The maximum atomic E-state index is 4.15. The first-order valence-corrected chi connectivity index (χ1v) is 4.89. The molecule has 1 aromatic rings. The van der Waals surface area contributed by atoms with E-state index in [1.807, 2.05) is 0 Å². The molecule has 3 rings (SSSR count). The van der Waals surface area contributed by atoms with Crippen molar-refractivity contribution < 1.29 is 0 Å². The van der Waals surface area contributed by atoms with Crippen LogP contribution in [0.3, 0.4) is 0 Å². The molecule has 0 N–H and O–H groups in total. The van der Waals surface area contributed by atoms with Gasteiger partial charge in [0.1, 0.15) is 12.7 Å². The van der Waals surface area contributed by atoms with Gasteiger partial charge in [-0.15, -0.1) is 0 Å². The molecular weight excluding hydrogens is 188 g/mol. The third-order valence-electron chi connectivity index (χ3n) is 2.56. The Kier molecular flexibility index (Phi) is 1.84. The second kappa shape index (κ2) is 3.31. The number of hydrogen-bond donors (Lipinski definition) is 0. The first-order valence-electron chi connectivity index (χ1n) is 4.89.